The quantitative estimate of drug-likeness (QED) is 0.655. The number of H-pyrrole nitrogens is 1. The molecule has 0 aliphatic rings. The normalized spacial score (nSPS) is 12.4. The second-order valence-corrected chi connectivity index (χ2v) is 7.12. The van der Waals surface area contributed by atoms with Crippen LogP contribution in [-0.4, -0.2) is 17.0 Å². The summed E-state index contributed by atoms with van der Waals surface area (Å²) in [6.45, 7) is 7.79. The van der Waals surface area contributed by atoms with Crippen molar-refractivity contribution in [3.63, 3.8) is 0 Å². The van der Waals surface area contributed by atoms with Crippen molar-refractivity contribution in [2.75, 3.05) is 0 Å². The number of carbonyl (C=O) groups excluding carboxylic acids is 1. The molecule has 1 aromatic heterocycles. The molecule has 2 aromatic carbocycles. The number of aryl methyl sites for hydroxylation is 1. The largest absolute Gasteiger partial charge is 0.491 e. The molecule has 1 atom stereocenters. The van der Waals surface area contributed by atoms with Crippen LogP contribution in [-0.2, 0) is 11.2 Å². The summed E-state index contributed by atoms with van der Waals surface area (Å²) in [6, 6.07) is 12.2. The summed E-state index contributed by atoms with van der Waals surface area (Å²) in [5.74, 6) is 0.371. The summed E-state index contributed by atoms with van der Waals surface area (Å²) in [6.07, 6.45) is 0.289. The Kier molecular flexibility index (Phi) is 5.49. The average Bonchev–Trinajstić information content (AvgIpc) is 2.89. The number of aromatic amines is 1. The highest BCUT2D eigenvalue weighted by Gasteiger charge is 2.16. The summed E-state index contributed by atoms with van der Waals surface area (Å²) in [7, 11) is 0. The predicted molar refractivity (Wildman–Crippen MR) is 105 cm³/mol. The Morgan fingerprint density at radius 1 is 1.19 bits per heavy atom. The Hall–Kier alpha value is -2.82. The Balaban J connectivity index is 1.73. The average molecular weight is 368 g/mol. The highest BCUT2D eigenvalue weighted by atomic mass is 19.1. The zero-order valence-corrected chi connectivity index (χ0v) is 16.1. The van der Waals surface area contributed by atoms with Crippen LogP contribution in [0.5, 0.6) is 5.75 Å². The van der Waals surface area contributed by atoms with Gasteiger partial charge in [0, 0.05) is 16.6 Å². The molecule has 4 nitrogen and oxygen atoms in total. The van der Waals surface area contributed by atoms with Crippen LogP contribution in [0.2, 0.25) is 0 Å². The Labute approximate surface area is 158 Å². The van der Waals surface area contributed by atoms with E-state index in [4.69, 9.17) is 4.74 Å². The second kappa shape index (κ2) is 7.82. The molecular formula is C22H25FN2O2. The van der Waals surface area contributed by atoms with Gasteiger partial charge in [-0.1, -0.05) is 12.1 Å². The lowest BCUT2D eigenvalue weighted by molar-refractivity contribution is -0.121. The molecule has 1 amide bonds. The molecule has 0 aliphatic heterocycles. The lowest BCUT2D eigenvalue weighted by Gasteiger charge is -2.17. The molecule has 0 radical (unpaired) electrons. The van der Waals surface area contributed by atoms with E-state index in [1.807, 2.05) is 52.0 Å². The van der Waals surface area contributed by atoms with Gasteiger partial charge in [-0.15, -0.1) is 0 Å². The zero-order valence-electron chi connectivity index (χ0n) is 16.1. The van der Waals surface area contributed by atoms with Crippen LogP contribution in [0.15, 0.2) is 42.5 Å². The lowest BCUT2D eigenvalue weighted by atomic mass is 10.1. The van der Waals surface area contributed by atoms with Crippen LogP contribution >= 0.6 is 0 Å². The van der Waals surface area contributed by atoms with Gasteiger partial charge in [-0.05, 0) is 69.2 Å². The first-order valence-corrected chi connectivity index (χ1v) is 9.16. The molecule has 0 bridgehead atoms. The number of benzene rings is 2. The van der Waals surface area contributed by atoms with E-state index in [0.717, 1.165) is 33.5 Å². The van der Waals surface area contributed by atoms with E-state index in [9.17, 15) is 9.18 Å². The van der Waals surface area contributed by atoms with Crippen molar-refractivity contribution in [2.24, 2.45) is 0 Å². The maximum atomic E-state index is 13.6. The molecule has 2 N–H and O–H groups in total. The van der Waals surface area contributed by atoms with Gasteiger partial charge in [-0.3, -0.25) is 4.79 Å². The highest BCUT2D eigenvalue weighted by molar-refractivity contribution is 5.90. The molecule has 142 valence electrons. The molecule has 1 heterocycles. The summed E-state index contributed by atoms with van der Waals surface area (Å²) >= 11 is 0. The summed E-state index contributed by atoms with van der Waals surface area (Å²) in [4.78, 5) is 15.8. The minimum absolute atomic E-state index is 0.0930. The van der Waals surface area contributed by atoms with E-state index in [-0.39, 0.29) is 30.3 Å². The van der Waals surface area contributed by atoms with Crippen LogP contribution < -0.4 is 10.1 Å². The van der Waals surface area contributed by atoms with E-state index >= 15 is 0 Å². The van der Waals surface area contributed by atoms with Crippen molar-refractivity contribution in [3.05, 3.63) is 65.1 Å². The van der Waals surface area contributed by atoms with Gasteiger partial charge < -0.3 is 15.0 Å². The van der Waals surface area contributed by atoms with Crippen LogP contribution in [0, 0.1) is 12.7 Å². The van der Waals surface area contributed by atoms with Crippen molar-refractivity contribution in [1.82, 2.24) is 10.3 Å². The fourth-order valence-electron chi connectivity index (χ4n) is 3.25. The van der Waals surface area contributed by atoms with E-state index in [1.165, 1.54) is 12.1 Å². The van der Waals surface area contributed by atoms with Crippen molar-refractivity contribution in [1.29, 1.82) is 0 Å². The van der Waals surface area contributed by atoms with Gasteiger partial charge in [0.15, 0.2) is 0 Å². The smallest absolute Gasteiger partial charge is 0.224 e. The van der Waals surface area contributed by atoms with Crippen molar-refractivity contribution >= 4 is 16.8 Å². The van der Waals surface area contributed by atoms with Gasteiger partial charge in [0.1, 0.15) is 11.6 Å². The number of ether oxygens (including phenoxy) is 1. The predicted octanol–water partition coefficient (Wildman–Crippen LogP) is 4.82. The molecule has 5 heteroatoms. The molecule has 0 saturated carbocycles. The molecule has 3 rings (SSSR count). The maximum absolute atomic E-state index is 13.6. The zero-order chi connectivity index (χ0) is 19.6. The van der Waals surface area contributed by atoms with Crippen LogP contribution in [0.25, 0.3) is 10.9 Å². The molecular weight excluding hydrogens is 343 g/mol. The van der Waals surface area contributed by atoms with Gasteiger partial charge in [-0.25, -0.2) is 4.39 Å². The summed E-state index contributed by atoms with van der Waals surface area (Å²) < 4.78 is 19.3. The molecule has 0 fully saturated rings. The number of halogens is 1. The molecule has 0 saturated heterocycles. The van der Waals surface area contributed by atoms with Gasteiger partial charge in [0.05, 0.1) is 18.6 Å². The van der Waals surface area contributed by atoms with Crippen molar-refractivity contribution < 1.29 is 13.9 Å². The van der Waals surface area contributed by atoms with Gasteiger partial charge in [0.25, 0.3) is 0 Å². The summed E-state index contributed by atoms with van der Waals surface area (Å²) in [5.41, 5.74) is 3.52. The van der Waals surface area contributed by atoms with E-state index in [2.05, 4.69) is 10.3 Å². The first-order valence-electron chi connectivity index (χ1n) is 9.16. The maximum Gasteiger partial charge on any atom is 0.224 e. The van der Waals surface area contributed by atoms with Crippen LogP contribution in [0.3, 0.4) is 0 Å². The van der Waals surface area contributed by atoms with Crippen LogP contribution in [0.1, 0.15) is 43.6 Å². The number of carbonyl (C=O) groups is 1. The molecule has 1 unspecified atom stereocenters. The fraction of sp³-hybridized carbons (Fsp3) is 0.318. The third kappa shape index (κ3) is 4.48. The summed E-state index contributed by atoms with van der Waals surface area (Å²) in [5, 5.41) is 3.77. The number of hydrogen-bond acceptors (Lipinski definition) is 2. The highest BCUT2D eigenvalue weighted by Crippen LogP contribution is 2.24. The fourth-order valence-corrected chi connectivity index (χ4v) is 3.25. The van der Waals surface area contributed by atoms with E-state index in [0.29, 0.717) is 0 Å². The number of rotatable bonds is 6. The number of fused-ring (bicyclic) bond motifs is 1. The third-order valence-corrected chi connectivity index (χ3v) is 4.53. The number of hydrogen-bond donors (Lipinski definition) is 2. The molecule has 0 spiro atoms. The number of nitrogens with one attached hydrogen (secondary N) is 2. The SMILES string of the molecule is Cc1[nH]c2ccc(F)cc2c1CC(=O)NC(C)c1cccc(OC(C)C)c1. The van der Waals surface area contributed by atoms with Crippen LogP contribution in [0.4, 0.5) is 4.39 Å². The Bertz CT molecular complexity index is 962. The topological polar surface area (TPSA) is 54.1 Å². The first-order chi connectivity index (χ1) is 12.8. The monoisotopic (exact) mass is 368 g/mol. The Morgan fingerprint density at radius 3 is 2.70 bits per heavy atom. The third-order valence-electron chi connectivity index (χ3n) is 4.53. The second-order valence-electron chi connectivity index (χ2n) is 7.12. The Morgan fingerprint density at radius 2 is 1.96 bits per heavy atom. The van der Waals surface area contributed by atoms with Crippen molar-refractivity contribution in [3.8, 4) is 5.75 Å². The van der Waals surface area contributed by atoms with E-state index < -0.39 is 0 Å². The lowest BCUT2D eigenvalue weighted by Crippen LogP contribution is -2.28. The van der Waals surface area contributed by atoms with Gasteiger partial charge in [0.2, 0.25) is 5.91 Å². The number of amides is 1. The molecule has 3 aromatic rings. The van der Waals surface area contributed by atoms with E-state index in [1.54, 1.807) is 6.07 Å². The van der Waals surface area contributed by atoms with Crippen molar-refractivity contribution in [2.45, 2.75) is 46.3 Å². The van der Waals surface area contributed by atoms with Gasteiger partial charge in [-0.2, -0.15) is 0 Å². The standard InChI is InChI=1S/C22H25FN2O2/c1-13(2)27-18-7-5-6-16(10-18)14(3)25-22(26)12-19-15(4)24-21-9-8-17(23)11-20(19)21/h5-11,13-14,24H,12H2,1-4H3,(H,25,26). The minimum atomic E-state index is -0.307. The molecule has 27 heavy (non-hydrogen) atoms. The first kappa shape index (κ1) is 19.0. The molecule has 0 aliphatic carbocycles. The minimum Gasteiger partial charge on any atom is -0.491 e. The van der Waals surface area contributed by atoms with Gasteiger partial charge >= 0.3 is 0 Å². The number of aromatic nitrogens is 1.